The van der Waals surface area contributed by atoms with Gasteiger partial charge in [-0.15, -0.1) is 0 Å². The Morgan fingerprint density at radius 2 is 1.78 bits per heavy atom. The first kappa shape index (κ1) is 24.5. The molecule has 1 saturated heterocycles. The first-order valence-corrected chi connectivity index (χ1v) is 12.7. The van der Waals surface area contributed by atoms with Gasteiger partial charge in [0.2, 0.25) is 0 Å². The van der Waals surface area contributed by atoms with E-state index < -0.39 is 11.7 Å². The molecule has 192 valence electrons. The molecule has 1 amide bonds. The van der Waals surface area contributed by atoms with Crippen LogP contribution in [0.1, 0.15) is 45.6 Å². The zero-order chi connectivity index (χ0) is 26.0. The lowest BCUT2D eigenvalue weighted by Gasteiger charge is -2.27. The van der Waals surface area contributed by atoms with E-state index in [4.69, 9.17) is 20.4 Å². The lowest BCUT2D eigenvalue weighted by atomic mass is 10.1. The minimum absolute atomic E-state index is 0.361. The Balaban J connectivity index is 1.51. The fourth-order valence-corrected chi connectivity index (χ4v) is 4.53. The van der Waals surface area contributed by atoms with Crippen molar-refractivity contribution in [2.45, 2.75) is 52.2 Å². The van der Waals surface area contributed by atoms with Crippen LogP contribution in [-0.4, -0.2) is 44.3 Å². The average molecular weight is 500 g/mol. The largest absolute Gasteiger partial charge is 0.444 e. The van der Waals surface area contributed by atoms with Crippen LogP contribution in [0.15, 0.2) is 54.7 Å². The number of imidazole rings is 1. The highest BCUT2D eigenvalue weighted by molar-refractivity contribution is 5.84. The number of amides is 1. The van der Waals surface area contributed by atoms with Crippen LogP contribution in [0.25, 0.3) is 28.2 Å². The molecule has 9 nitrogen and oxygen atoms in total. The van der Waals surface area contributed by atoms with Crippen molar-refractivity contribution in [1.82, 2.24) is 24.8 Å². The number of nitrogens with two attached hydrogens (primary N) is 1. The van der Waals surface area contributed by atoms with Crippen molar-refractivity contribution < 1.29 is 9.53 Å². The summed E-state index contributed by atoms with van der Waals surface area (Å²) in [5, 5.41) is 2.80. The Morgan fingerprint density at radius 1 is 1.03 bits per heavy atom. The number of hydrogen-bond donors (Lipinski definition) is 2. The van der Waals surface area contributed by atoms with E-state index in [0.29, 0.717) is 18.2 Å². The molecule has 1 aliphatic rings. The third-order valence-electron chi connectivity index (χ3n) is 6.28. The Morgan fingerprint density at radius 3 is 2.49 bits per heavy atom. The lowest BCUT2D eigenvalue weighted by molar-refractivity contribution is 0.0523. The number of nitrogens with zero attached hydrogens (tertiary/aromatic N) is 5. The monoisotopic (exact) mass is 499 g/mol. The van der Waals surface area contributed by atoms with Gasteiger partial charge in [0.1, 0.15) is 22.8 Å². The smallest absolute Gasteiger partial charge is 0.407 e. The van der Waals surface area contributed by atoms with Gasteiger partial charge in [0.15, 0.2) is 11.5 Å². The highest BCUT2D eigenvalue weighted by Crippen LogP contribution is 2.31. The number of nitrogen functional groups attached to an aromatic ring is 1. The standard InChI is InChI=1S/C28H33N7O2/c1-28(2,3)37-27(36)31-18-19-9-11-20(12-10-19)35-25(21-8-7-15-30-24(21)29)32-22-13-14-23(33-26(22)35)34-16-5-4-6-17-34/h7-15H,4-6,16-18H2,1-3H3,(H2,29,30)(H,31,36). The summed E-state index contributed by atoms with van der Waals surface area (Å²) in [6, 6.07) is 15.8. The number of hydrogen-bond acceptors (Lipinski definition) is 7. The highest BCUT2D eigenvalue weighted by Gasteiger charge is 2.20. The number of fused-ring (bicyclic) bond motifs is 1. The molecule has 1 fully saturated rings. The first-order valence-electron chi connectivity index (χ1n) is 12.7. The summed E-state index contributed by atoms with van der Waals surface area (Å²) in [5.41, 5.74) is 9.86. The number of rotatable bonds is 5. The van der Waals surface area contributed by atoms with Gasteiger partial charge in [-0.2, -0.15) is 0 Å². The molecule has 5 rings (SSSR count). The maximum atomic E-state index is 12.1. The van der Waals surface area contributed by atoms with Crippen molar-refractivity contribution in [1.29, 1.82) is 0 Å². The molecule has 3 aromatic heterocycles. The Labute approximate surface area is 216 Å². The van der Waals surface area contributed by atoms with E-state index in [-0.39, 0.29) is 0 Å². The number of anilines is 2. The van der Waals surface area contributed by atoms with Gasteiger partial charge >= 0.3 is 6.09 Å². The van der Waals surface area contributed by atoms with Gasteiger partial charge in [-0.25, -0.2) is 19.7 Å². The van der Waals surface area contributed by atoms with Crippen LogP contribution in [0, 0.1) is 0 Å². The van der Waals surface area contributed by atoms with E-state index in [1.807, 2.05) is 73.9 Å². The van der Waals surface area contributed by atoms with Crippen molar-refractivity contribution >= 4 is 28.9 Å². The number of alkyl carbamates (subject to hydrolysis) is 1. The van der Waals surface area contributed by atoms with Crippen molar-refractivity contribution in [2.75, 3.05) is 23.7 Å². The van der Waals surface area contributed by atoms with Crippen LogP contribution >= 0.6 is 0 Å². The minimum Gasteiger partial charge on any atom is -0.444 e. The molecule has 3 N–H and O–H groups in total. The second kappa shape index (κ2) is 10.1. The van der Waals surface area contributed by atoms with Crippen molar-refractivity contribution in [3.63, 3.8) is 0 Å². The van der Waals surface area contributed by atoms with Gasteiger partial charge in [0, 0.05) is 31.5 Å². The van der Waals surface area contributed by atoms with Crippen LogP contribution in [0.5, 0.6) is 0 Å². The summed E-state index contributed by atoms with van der Waals surface area (Å²) >= 11 is 0. The molecular formula is C28H33N7O2. The first-order chi connectivity index (χ1) is 17.8. The number of benzene rings is 1. The van der Waals surface area contributed by atoms with E-state index in [1.165, 1.54) is 19.3 Å². The summed E-state index contributed by atoms with van der Waals surface area (Å²) < 4.78 is 7.36. The fraction of sp³-hybridized carbons (Fsp3) is 0.357. The third-order valence-corrected chi connectivity index (χ3v) is 6.28. The number of carbonyl (C=O) groups is 1. The van der Waals surface area contributed by atoms with Gasteiger partial charge in [-0.3, -0.25) is 4.57 Å². The Kier molecular flexibility index (Phi) is 6.69. The molecule has 4 aromatic rings. The summed E-state index contributed by atoms with van der Waals surface area (Å²) in [7, 11) is 0. The van der Waals surface area contributed by atoms with E-state index >= 15 is 0 Å². The number of pyridine rings is 2. The maximum Gasteiger partial charge on any atom is 0.407 e. The van der Waals surface area contributed by atoms with E-state index in [1.54, 1.807) is 6.20 Å². The summed E-state index contributed by atoms with van der Waals surface area (Å²) in [6.07, 6.45) is 4.84. The van der Waals surface area contributed by atoms with Gasteiger partial charge in [0.25, 0.3) is 0 Å². The summed E-state index contributed by atoms with van der Waals surface area (Å²) in [6.45, 7) is 7.90. The zero-order valence-corrected chi connectivity index (χ0v) is 21.6. The molecule has 37 heavy (non-hydrogen) atoms. The van der Waals surface area contributed by atoms with E-state index in [9.17, 15) is 4.79 Å². The molecule has 4 heterocycles. The van der Waals surface area contributed by atoms with Gasteiger partial charge in [-0.1, -0.05) is 12.1 Å². The highest BCUT2D eigenvalue weighted by atomic mass is 16.6. The van der Waals surface area contributed by atoms with Crippen molar-refractivity contribution in [3.05, 3.63) is 60.3 Å². The number of aromatic nitrogens is 4. The predicted molar refractivity (Wildman–Crippen MR) is 146 cm³/mol. The Bertz CT molecular complexity index is 1400. The number of ether oxygens (including phenoxy) is 1. The Hall–Kier alpha value is -4.14. The van der Waals surface area contributed by atoms with Gasteiger partial charge in [-0.05, 0) is 82.0 Å². The molecule has 9 heteroatoms. The normalized spacial score (nSPS) is 14.1. The molecule has 0 radical (unpaired) electrons. The van der Waals surface area contributed by atoms with Crippen molar-refractivity contribution in [2.24, 2.45) is 0 Å². The second-order valence-electron chi connectivity index (χ2n) is 10.3. The van der Waals surface area contributed by atoms with Crippen molar-refractivity contribution in [3.8, 4) is 17.1 Å². The maximum absolute atomic E-state index is 12.1. The topological polar surface area (TPSA) is 111 Å². The van der Waals surface area contributed by atoms with Gasteiger partial charge < -0.3 is 20.7 Å². The molecule has 0 saturated carbocycles. The summed E-state index contributed by atoms with van der Waals surface area (Å²) in [4.78, 5) is 28.6. The van der Waals surface area contributed by atoms with E-state index in [0.717, 1.165) is 46.9 Å². The van der Waals surface area contributed by atoms with Crippen LogP contribution in [0.4, 0.5) is 16.4 Å². The molecule has 0 spiro atoms. The van der Waals surface area contributed by atoms with E-state index in [2.05, 4.69) is 15.2 Å². The van der Waals surface area contributed by atoms with Crippen LogP contribution in [-0.2, 0) is 11.3 Å². The number of carbonyl (C=O) groups excluding carboxylic acids is 1. The molecular weight excluding hydrogens is 466 g/mol. The molecule has 0 unspecified atom stereocenters. The lowest BCUT2D eigenvalue weighted by Crippen LogP contribution is -2.32. The molecule has 0 bridgehead atoms. The third kappa shape index (κ3) is 5.50. The minimum atomic E-state index is -0.541. The van der Waals surface area contributed by atoms with Crippen LogP contribution in [0.2, 0.25) is 0 Å². The van der Waals surface area contributed by atoms with Crippen LogP contribution in [0.3, 0.4) is 0 Å². The quantitative estimate of drug-likeness (QED) is 0.394. The zero-order valence-electron chi connectivity index (χ0n) is 21.6. The fourth-order valence-electron chi connectivity index (χ4n) is 4.53. The SMILES string of the molecule is CC(C)(C)OC(=O)NCc1ccc(-n2c(-c3cccnc3N)nc3ccc(N4CCCCC4)nc32)cc1. The second-order valence-corrected chi connectivity index (χ2v) is 10.3. The average Bonchev–Trinajstić information content (AvgIpc) is 3.26. The molecule has 1 aromatic carbocycles. The molecule has 1 aliphatic heterocycles. The summed E-state index contributed by atoms with van der Waals surface area (Å²) in [5.74, 6) is 2.05. The molecule has 0 atom stereocenters. The number of nitrogens with one attached hydrogen (secondary N) is 1. The predicted octanol–water partition coefficient (Wildman–Crippen LogP) is 5.08. The molecule has 0 aliphatic carbocycles. The number of piperidine rings is 1. The van der Waals surface area contributed by atoms with Gasteiger partial charge in [0.05, 0.1) is 5.56 Å². The van der Waals surface area contributed by atoms with Crippen LogP contribution < -0.4 is 16.0 Å².